The van der Waals surface area contributed by atoms with Gasteiger partial charge < -0.3 is 15.3 Å². The largest absolute Gasteiger partial charge is 0.505 e. The fourth-order valence-electron chi connectivity index (χ4n) is 1.90. The van der Waals surface area contributed by atoms with Crippen molar-refractivity contribution in [3.05, 3.63) is 21.9 Å². The van der Waals surface area contributed by atoms with Gasteiger partial charge in [-0.1, -0.05) is 0 Å². The second-order valence-corrected chi connectivity index (χ2v) is 4.78. The Kier molecular flexibility index (Phi) is 3.35. The average Bonchev–Trinajstić information content (AvgIpc) is 2.28. The van der Waals surface area contributed by atoms with E-state index in [1.165, 1.54) is 0 Å². The van der Waals surface area contributed by atoms with Crippen LogP contribution in [0.1, 0.15) is 5.56 Å². The summed E-state index contributed by atoms with van der Waals surface area (Å²) >= 11 is 3.24. The lowest BCUT2D eigenvalue weighted by Crippen LogP contribution is -2.44. The van der Waals surface area contributed by atoms with E-state index in [0.717, 1.165) is 13.1 Å². The fourth-order valence-corrected chi connectivity index (χ4v) is 2.43. The van der Waals surface area contributed by atoms with Gasteiger partial charge in [-0.05, 0) is 34.5 Å². The van der Waals surface area contributed by atoms with Crippen LogP contribution >= 0.6 is 15.9 Å². The van der Waals surface area contributed by atoms with Gasteiger partial charge in [0.05, 0.1) is 4.47 Å². The number of aryl methyl sites for hydroxylation is 1. The van der Waals surface area contributed by atoms with E-state index in [-0.39, 0.29) is 11.6 Å². The Labute approximate surface area is 102 Å². The highest BCUT2D eigenvalue weighted by Crippen LogP contribution is 2.38. The first-order valence-electron chi connectivity index (χ1n) is 5.24. The van der Waals surface area contributed by atoms with Crippen molar-refractivity contribution in [2.45, 2.75) is 6.92 Å². The summed E-state index contributed by atoms with van der Waals surface area (Å²) in [5.41, 5.74) is 0.853. The number of nitrogens with zero attached hydrogens (tertiary/aromatic N) is 1. The summed E-state index contributed by atoms with van der Waals surface area (Å²) < 4.78 is 14.5. The van der Waals surface area contributed by atoms with Crippen molar-refractivity contribution in [1.82, 2.24) is 5.32 Å². The van der Waals surface area contributed by atoms with Gasteiger partial charge in [0.15, 0.2) is 11.6 Å². The van der Waals surface area contributed by atoms with E-state index in [4.69, 9.17) is 0 Å². The lowest BCUT2D eigenvalue weighted by atomic mass is 10.1. The molecule has 0 aliphatic carbocycles. The van der Waals surface area contributed by atoms with Crippen LogP contribution in [0.2, 0.25) is 0 Å². The van der Waals surface area contributed by atoms with Crippen LogP contribution in [-0.2, 0) is 0 Å². The monoisotopic (exact) mass is 288 g/mol. The molecule has 0 amide bonds. The van der Waals surface area contributed by atoms with Gasteiger partial charge in [-0.15, -0.1) is 0 Å². The standard InChI is InChI=1S/C11H14BrFN2O/c1-7-6-8(12)11(16)10(9(7)13)15-4-2-14-3-5-15/h6,14,16H,2-5H2,1H3. The van der Waals surface area contributed by atoms with Crippen LogP contribution in [-0.4, -0.2) is 31.3 Å². The molecule has 1 aromatic carbocycles. The van der Waals surface area contributed by atoms with Crippen molar-refractivity contribution in [3.63, 3.8) is 0 Å². The summed E-state index contributed by atoms with van der Waals surface area (Å²) in [6.07, 6.45) is 0. The molecule has 1 fully saturated rings. The summed E-state index contributed by atoms with van der Waals surface area (Å²) in [6, 6.07) is 1.59. The van der Waals surface area contributed by atoms with Crippen LogP contribution in [0.15, 0.2) is 10.5 Å². The lowest BCUT2D eigenvalue weighted by Gasteiger charge is -2.30. The molecule has 0 unspecified atom stereocenters. The maximum atomic E-state index is 14.0. The van der Waals surface area contributed by atoms with E-state index in [2.05, 4.69) is 21.2 Å². The first kappa shape index (κ1) is 11.7. The van der Waals surface area contributed by atoms with Crippen molar-refractivity contribution in [3.8, 4) is 5.75 Å². The number of phenols is 1. The number of rotatable bonds is 1. The molecule has 1 saturated heterocycles. The van der Waals surface area contributed by atoms with Crippen molar-refractivity contribution >= 4 is 21.6 Å². The normalized spacial score (nSPS) is 16.6. The number of nitrogens with one attached hydrogen (secondary N) is 1. The van der Waals surface area contributed by atoms with Gasteiger partial charge in [0.2, 0.25) is 0 Å². The molecule has 0 radical (unpaired) electrons. The molecule has 0 spiro atoms. The summed E-state index contributed by atoms with van der Waals surface area (Å²) in [5, 5.41) is 13.1. The number of hydrogen-bond acceptors (Lipinski definition) is 3. The minimum Gasteiger partial charge on any atom is -0.505 e. The third-order valence-electron chi connectivity index (χ3n) is 2.78. The summed E-state index contributed by atoms with van der Waals surface area (Å²) in [4.78, 5) is 1.87. The number of halogens is 2. The molecule has 1 heterocycles. The molecule has 2 N–H and O–H groups in total. The molecule has 0 bridgehead atoms. The molecular formula is C11H14BrFN2O. The number of hydrogen-bond donors (Lipinski definition) is 2. The Morgan fingerprint density at radius 2 is 2.06 bits per heavy atom. The van der Waals surface area contributed by atoms with E-state index in [9.17, 15) is 9.50 Å². The topological polar surface area (TPSA) is 35.5 Å². The molecule has 88 valence electrons. The zero-order valence-electron chi connectivity index (χ0n) is 9.06. The van der Waals surface area contributed by atoms with E-state index in [1.807, 2.05) is 4.90 Å². The van der Waals surface area contributed by atoms with Crippen molar-refractivity contribution < 1.29 is 9.50 Å². The van der Waals surface area contributed by atoms with Crippen LogP contribution in [0.3, 0.4) is 0 Å². The first-order chi connectivity index (χ1) is 7.61. The molecule has 1 aliphatic rings. The SMILES string of the molecule is Cc1cc(Br)c(O)c(N2CCNCC2)c1F. The molecule has 1 aliphatic heterocycles. The fraction of sp³-hybridized carbons (Fsp3) is 0.455. The quantitative estimate of drug-likeness (QED) is 0.830. The number of aromatic hydroxyl groups is 1. The molecule has 3 nitrogen and oxygen atoms in total. The molecular weight excluding hydrogens is 275 g/mol. The zero-order valence-corrected chi connectivity index (χ0v) is 10.6. The van der Waals surface area contributed by atoms with Crippen LogP contribution < -0.4 is 10.2 Å². The van der Waals surface area contributed by atoms with Gasteiger partial charge in [0, 0.05) is 26.2 Å². The highest BCUT2D eigenvalue weighted by atomic mass is 79.9. The highest BCUT2D eigenvalue weighted by molar-refractivity contribution is 9.10. The average molecular weight is 289 g/mol. The molecule has 2 rings (SSSR count). The minimum absolute atomic E-state index is 0.00926. The number of benzene rings is 1. The van der Waals surface area contributed by atoms with E-state index >= 15 is 0 Å². The van der Waals surface area contributed by atoms with Crippen LogP contribution in [0, 0.1) is 12.7 Å². The Hall–Kier alpha value is -0.810. The van der Waals surface area contributed by atoms with Gasteiger partial charge in [-0.3, -0.25) is 0 Å². The van der Waals surface area contributed by atoms with Crippen LogP contribution in [0.25, 0.3) is 0 Å². The van der Waals surface area contributed by atoms with Gasteiger partial charge in [0.25, 0.3) is 0 Å². The predicted octanol–water partition coefficient (Wildman–Crippen LogP) is 2.01. The molecule has 5 heteroatoms. The molecule has 0 atom stereocenters. The van der Waals surface area contributed by atoms with Crippen LogP contribution in [0.5, 0.6) is 5.75 Å². The van der Waals surface area contributed by atoms with Gasteiger partial charge in [-0.25, -0.2) is 4.39 Å². The van der Waals surface area contributed by atoms with Gasteiger partial charge in [0.1, 0.15) is 5.69 Å². The van der Waals surface area contributed by atoms with E-state index < -0.39 is 0 Å². The van der Waals surface area contributed by atoms with Crippen LogP contribution in [0.4, 0.5) is 10.1 Å². The highest BCUT2D eigenvalue weighted by Gasteiger charge is 2.21. The molecule has 16 heavy (non-hydrogen) atoms. The van der Waals surface area contributed by atoms with Crippen molar-refractivity contribution in [2.75, 3.05) is 31.1 Å². The summed E-state index contributed by atoms with van der Waals surface area (Å²) in [7, 11) is 0. The van der Waals surface area contributed by atoms with E-state index in [0.29, 0.717) is 28.8 Å². The Morgan fingerprint density at radius 1 is 1.44 bits per heavy atom. The summed E-state index contributed by atoms with van der Waals surface area (Å²) in [6.45, 7) is 4.74. The maximum absolute atomic E-state index is 14.0. The van der Waals surface area contributed by atoms with Crippen molar-refractivity contribution in [2.24, 2.45) is 0 Å². The van der Waals surface area contributed by atoms with E-state index in [1.54, 1.807) is 13.0 Å². The molecule has 0 saturated carbocycles. The Morgan fingerprint density at radius 3 is 2.69 bits per heavy atom. The molecule has 0 aromatic heterocycles. The maximum Gasteiger partial charge on any atom is 0.156 e. The van der Waals surface area contributed by atoms with Gasteiger partial charge in [-0.2, -0.15) is 0 Å². The smallest absolute Gasteiger partial charge is 0.156 e. The second kappa shape index (κ2) is 4.59. The first-order valence-corrected chi connectivity index (χ1v) is 6.04. The predicted molar refractivity (Wildman–Crippen MR) is 65.6 cm³/mol. The summed E-state index contributed by atoms with van der Waals surface area (Å²) in [5.74, 6) is -0.340. The number of anilines is 1. The minimum atomic E-state index is -0.331. The zero-order chi connectivity index (χ0) is 11.7. The van der Waals surface area contributed by atoms with Crippen molar-refractivity contribution in [1.29, 1.82) is 0 Å². The Balaban J connectivity index is 2.45. The third-order valence-corrected chi connectivity index (χ3v) is 3.39. The lowest BCUT2D eigenvalue weighted by molar-refractivity contribution is 0.458. The number of piperazine rings is 1. The second-order valence-electron chi connectivity index (χ2n) is 3.92. The number of phenolic OH excluding ortho intramolecular Hbond substituents is 1. The Bertz CT molecular complexity index is 379. The van der Waals surface area contributed by atoms with Gasteiger partial charge >= 0.3 is 0 Å². The third kappa shape index (κ3) is 2.01. The molecule has 1 aromatic rings.